The molecule has 5 heteroatoms. The lowest BCUT2D eigenvalue weighted by molar-refractivity contribution is -0.136. The molecule has 0 aromatic rings. The molecule has 64 valence electrons. The number of carbonyl (C=O) groups is 2. The molecule has 0 bridgehead atoms. The molecular weight excluding hydrogens is 166 g/mol. The Bertz CT molecular complexity index is 160. The lowest BCUT2D eigenvalue weighted by Gasteiger charge is -2.02. The molecule has 0 saturated heterocycles. The molecule has 0 rings (SSSR count). The fourth-order valence-electron chi connectivity index (χ4n) is 0.593. The van der Waals surface area contributed by atoms with E-state index in [9.17, 15) is 9.59 Å². The number of rotatable bonds is 5. The third-order valence-corrected chi connectivity index (χ3v) is 1.66. The minimum Gasteiger partial charge on any atom is -0.480 e. The summed E-state index contributed by atoms with van der Waals surface area (Å²) in [4.78, 5) is 20.4. The van der Waals surface area contributed by atoms with E-state index in [1.54, 1.807) is 0 Å². The van der Waals surface area contributed by atoms with E-state index in [4.69, 9.17) is 10.8 Å². The number of primary amides is 1. The zero-order valence-electron chi connectivity index (χ0n) is 5.99. The van der Waals surface area contributed by atoms with Gasteiger partial charge < -0.3 is 10.8 Å². The van der Waals surface area contributed by atoms with Crippen LogP contribution in [-0.4, -0.2) is 22.2 Å². The molecule has 1 amide bonds. The van der Waals surface area contributed by atoms with Crippen molar-refractivity contribution in [2.45, 2.75) is 24.5 Å². The van der Waals surface area contributed by atoms with Crippen molar-refractivity contribution in [1.82, 2.24) is 0 Å². The molecule has 0 aliphatic rings. The van der Waals surface area contributed by atoms with Crippen LogP contribution in [-0.2, 0) is 9.59 Å². The van der Waals surface area contributed by atoms with Gasteiger partial charge in [-0.2, -0.15) is 12.6 Å². The van der Waals surface area contributed by atoms with E-state index in [1.165, 1.54) is 0 Å². The average molecular weight is 177 g/mol. The molecule has 0 radical (unpaired) electrons. The molecule has 0 saturated carbocycles. The third-order valence-electron chi connectivity index (χ3n) is 1.19. The second-order valence-corrected chi connectivity index (χ2v) is 2.84. The van der Waals surface area contributed by atoms with Crippen molar-refractivity contribution in [2.75, 3.05) is 0 Å². The molecule has 4 nitrogen and oxygen atoms in total. The summed E-state index contributed by atoms with van der Waals surface area (Å²) in [7, 11) is 0. The number of carboxylic acids is 1. The molecule has 0 aromatic carbocycles. The highest BCUT2D eigenvalue weighted by Gasteiger charge is 2.11. The first-order valence-electron chi connectivity index (χ1n) is 3.23. The number of hydrogen-bond acceptors (Lipinski definition) is 3. The van der Waals surface area contributed by atoms with Gasteiger partial charge in [0, 0.05) is 6.42 Å². The van der Waals surface area contributed by atoms with Crippen LogP contribution in [0.1, 0.15) is 19.3 Å². The molecule has 0 heterocycles. The van der Waals surface area contributed by atoms with E-state index >= 15 is 0 Å². The van der Waals surface area contributed by atoms with Gasteiger partial charge in [0.15, 0.2) is 0 Å². The van der Waals surface area contributed by atoms with Gasteiger partial charge in [-0.05, 0) is 12.8 Å². The predicted octanol–water partition coefficient (Wildman–Crippen LogP) is 0.0250. The standard InChI is InChI=1S/C6H11NO3S/c7-5(8)3-1-2-4(11)6(9)10/h4,11H,1-3H2,(H2,7,8)(H,9,10). The van der Waals surface area contributed by atoms with Crippen molar-refractivity contribution in [3.8, 4) is 0 Å². The van der Waals surface area contributed by atoms with Gasteiger partial charge in [0.2, 0.25) is 5.91 Å². The van der Waals surface area contributed by atoms with Gasteiger partial charge in [-0.25, -0.2) is 0 Å². The summed E-state index contributed by atoms with van der Waals surface area (Å²) < 4.78 is 0. The zero-order chi connectivity index (χ0) is 8.85. The van der Waals surface area contributed by atoms with Crippen LogP contribution in [0.25, 0.3) is 0 Å². The predicted molar refractivity (Wildman–Crippen MR) is 43.5 cm³/mol. The highest BCUT2D eigenvalue weighted by atomic mass is 32.1. The molecule has 1 unspecified atom stereocenters. The van der Waals surface area contributed by atoms with E-state index in [2.05, 4.69) is 12.6 Å². The van der Waals surface area contributed by atoms with Crippen molar-refractivity contribution in [1.29, 1.82) is 0 Å². The highest BCUT2D eigenvalue weighted by molar-refractivity contribution is 7.81. The molecule has 0 aromatic heterocycles. The van der Waals surface area contributed by atoms with Crippen LogP contribution < -0.4 is 5.73 Å². The average Bonchev–Trinajstić information content (AvgIpc) is 1.86. The monoisotopic (exact) mass is 177 g/mol. The van der Waals surface area contributed by atoms with Crippen LogP contribution >= 0.6 is 12.6 Å². The fourth-order valence-corrected chi connectivity index (χ4v) is 0.776. The Balaban J connectivity index is 3.39. The van der Waals surface area contributed by atoms with Crippen LogP contribution in [0.15, 0.2) is 0 Å². The molecule has 0 fully saturated rings. The number of aliphatic carboxylic acids is 1. The van der Waals surface area contributed by atoms with E-state index in [0.29, 0.717) is 12.8 Å². The Kier molecular flexibility index (Phi) is 4.69. The van der Waals surface area contributed by atoms with Crippen LogP contribution in [0.2, 0.25) is 0 Å². The normalized spacial score (nSPS) is 12.5. The molecule has 0 aliphatic heterocycles. The minimum atomic E-state index is -0.960. The van der Waals surface area contributed by atoms with Gasteiger partial charge in [0.1, 0.15) is 0 Å². The molecule has 3 N–H and O–H groups in total. The Morgan fingerprint density at radius 1 is 1.55 bits per heavy atom. The first kappa shape index (κ1) is 10.3. The quantitative estimate of drug-likeness (QED) is 0.518. The maximum absolute atomic E-state index is 10.2. The van der Waals surface area contributed by atoms with Crippen molar-refractivity contribution >= 4 is 24.5 Å². The van der Waals surface area contributed by atoms with Gasteiger partial charge in [0.25, 0.3) is 0 Å². The number of carboxylic acid groups (broad SMARTS) is 1. The van der Waals surface area contributed by atoms with Crippen molar-refractivity contribution < 1.29 is 14.7 Å². The first-order valence-corrected chi connectivity index (χ1v) is 3.75. The SMILES string of the molecule is NC(=O)CCCC(S)C(=O)O. The lowest BCUT2D eigenvalue weighted by atomic mass is 10.2. The topological polar surface area (TPSA) is 80.4 Å². The zero-order valence-corrected chi connectivity index (χ0v) is 6.88. The van der Waals surface area contributed by atoms with E-state index in [1.807, 2.05) is 0 Å². The summed E-state index contributed by atoms with van der Waals surface area (Å²) in [5.74, 6) is -1.37. The van der Waals surface area contributed by atoms with Crippen LogP contribution in [0, 0.1) is 0 Å². The maximum Gasteiger partial charge on any atom is 0.316 e. The summed E-state index contributed by atoms with van der Waals surface area (Å²) in [6.45, 7) is 0. The Hall–Kier alpha value is -0.710. The van der Waals surface area contributed by atoms with Crippen LogP contribution in [0.5, 0.6) is 0 Å². The number of hydrogen-bond donors (Lipinski definition) is 3. The van der Waals surface area contributed by atoms with Gasteiger partial charge >= 0.3 is 5.97 Å². The number of thiol groups is 1. The first-order chi connectivity index (χ1) is 5.04. The summed E-state index contributed by atoms with van der Waals surface area (Å²) in [6, 6.07) is 0. The van der Waals surface area contributed by atoms with E-state index in [0.717, 1.165) is 0 Å². The molecule has 0 aliphatic carbocycles. The largest absolute Gasteiger partial charge is 0.480 e. The molecule has 1 atom stereocenters. The molecule has 11 heavy (non-hydrogen) atoms. The fraction of sp³-hybridized carbons (Fsp3) is 0.667. The molecular formula is C6H11NO3S. The highest BCUT2D eigenvalue weighted by Crippen LogP contribution is 2.06. The van der Waals surface area contributed by atoms with Gasteiger partial charge in [0.05, 0.1) is 5.25 Å². The van der Waals surface area contributed by atoms with E-state index < -0.39 is 17.1 Å². The second kappa shape index (κ2) is 5.01. The lowest BCUT2D eigenvalue weighted by Crippen LogP contribution is -2.15. The summed E-state index contributed by atoms with van der Waals surface area (Å²) >= 11 is 3.78. The smallest absolute Gasteiger partial charge is 0.316 e. The van der Waals surface area contributed by atoms with Crippen molar-refractivity contribution in [2.24, 2.45) is 5.73 Å². The van der Waals surface area contributed by atoms with Crippen LogP contribution in [0.4, 0.5) is 0 Å². The van der Waals surface area contributed by atoms with E-state index in [-0.39, 0.29) is 6.42 Å². The summed E-state index contributed by atoms with van der Waals surface area (Å²) in [5.41, 5.74) is 4.84. The summed E-state index contributed by atoms with van der Waals surface area (Å²) in [5, 5.41) is 7.67. The second-order valence-electron chi connectivity index (χ2n) is 2.21. The Labute approximate surface area is 70.2 Å². The minimum absolute atomic E-state index is 0.227. The Morgan fingerprint density at radius 3 is 2.45 bits per heavy atom. The van der Waals surface area contributed by atoms with Crippen molar-refractivity contribution in [3.05, 3.63) is 0 Å². The number of nitrogens with two attached hydrogens (primary N) is 1. The van der Waals surface area contributed by atoms with Crippen molar-refractivity contribution in [3.63, 3.8) is 0 Å². The maximum atomic E-state index is 10.2. The third kappa shape index (κ3) is 5.72. The van der Waals surface area contributed by atoms with Gasteiger partial charge in [-0.1, -0.05) is 0 Å². The molecule has 0 spiro atoms. The van der Waals surface area contributed by atoms with Gasteiger partial charge in [-0.15, -0.1) is 0 Å². The van der Waals surface area contributed by atoms with Gasteiger partial charge in [-0.3, -0.25) is 9.59 Å². The Morgan fingerprint density at radius 2 is 2.09 bits per heavy atom. The summed E-state index contributed by atoms with van der Waals surface area (Å²) in [6.07, 6.45) is 1.08. The number of amides is 1. The number of carbonyl (C=O) groups excluding carboxylic acids is 1. The van der Waals surface area contributed by atoms with Crippen LogP contribution in [0.3, 0.4) is 0 Å².